The number of imidazole rings is 1. The lowest BCUT2D eigenvalue weighted by molar-refractivity contribution is 0.596. The van der Waals surface area contributed by atoms with E-state index in [1.165, 1.54) is 0 Å². The van der Waals surface area contributed by atoms with Gasteiger partial charge in [0.05, 0.1) is 18.2 Å². The highest BCUT2D eigenvalue weighted by Crippen LogP contribution is 2.34. The molecule has 3 rings (SSSR count). The molecular formula is C17H14Cl2N3. The molecule has 0 aliphatic carbocycles. The van der Waals surface area contributed by atoms with Crippen molar-refractivity contribution in [2.45, 2.75) is 5.54 Å². The first-order valence-electron chi connectivity index (χ1n) is 6.71. The van der Waals surface area contributed by atoms with Gasteiger partial charge >= 0.3 is 0 Å². The third-order valence-electron chi connectivity index (χ3n) is 3.75. The minimum absolute atomic E-state index is 0.548. The number of nitrogens with two attached hydrogens (primary N) is 1. The number of aromatic nitrogens is 2. The maximum atomic E-state index is 6.84. The lowest BCUT2D eigenvalue weighted by Crippen LogP contribution is -2.40. The Morgan fingerprint density at radius 2 is 1.77 bits per heavy atom. The van der Waals surface area contributed by atoms with Crippen LogP contribution < -0.4 is 5.73 Å². The van der Waals surface area contributed by atoms with Crippen LogP contribution in [0.3, 0.4) is 0 Å². The fraction of sp³-hybridized carbons (Fsp3) is 0.118. The molecule has 2 aromatic carbocycles. The molecule has 1 heterocycles. The monoisotopic (exact) mass is 330 g/mol. The van der Waals surface area contributed by atoms with E-state index in [0.29, 0.717) is 10.0 Å². The van der Waals surface area contributed by atoms with Gasteiger partial charge in [-0.1, -0.05) is 41.4 Å². The molecule has 1 radical (unpaired) electrons. The van der Waals surface area contributed by atoms with Gasteiger partial charge < -0.3 is 10.3 Å². The van der Waals surface area contributed by atoms with E-state index in [9.17, 15) is 0 Å². The third kappa shape index (κ3) is 2.52. The van der Waals surface area contributed by atoms with Crippen molar-refractivity contribution in [3.8, 4) is 0 Å². The summed E-state index contributed by atoms with van der Waals surface area (Å²) in [4.78, 5) is 4.19. The highest BCUT2D eigenvalue weighted by molar-refractivity contribution is 6.30. The minimum Gasteiger partial charge on any atom is -0.336 e. The van der Waals surface area contributed by atoms with Crippen molar-refractivity contribution in [3.63, 3.8) is 0 Å². The first kappa shape index (κ1) is 15.1. The van der Waals surface area contributed by atoms with Crippen molar-refractivity contribution in [2.24, 2.45) is 12.8 Å². The van der Waals surface area contributed by atoms with E-state index in [-0.39, 0.29) is 0 Å². The van der Waals surface area contributed by atoms with Crippen molar-refractivity contribution >= 4 is 23.2 Å². The Morgan fingerprint density at radius 3 is 2.32 bits per heavy atom. The van der Waals surface area contributed by atoms with Crippen LogP contribution in [0.15, 0.2) is 55.0 Å². The molecule has 0 bridgehead atoms. The zero-order chi connectivity index (χ0) is 15.7. The van der Waals surface area contributed by atoms with Crippen LogP contribution in [-0.4, -0.2) is 9.55 Å². The lowest BCUT2D eigenvalue weighted by atomic mass is 9.81. The van der Waals surface area contributed by atoms with Crippen LogP contribution in [0.1, 0.15) is 16.8 Å². The van der Waals surface area contributed by atoms with Gasteiger partial charge in [-0.25, -0.2) is 4.98 Å². The lowest BCUT2D eigenvalue weighted by Gasteiger charge is -2.31. The first-order chi connectivity index (χ1) is 10.5. The van der Waals surface area contributed by atoms with Crippen LogP contribution >= 0.6 is 23.2 Å². The number of halogens is 2. The second-order valence-electron chi connectivity index (χ2n) is 5.13. The molecule has 2 N–H and O–H groups in total. The fourth-order valence-electron chi connectivity index (χ4n) is 2.56. The Labute approximate surface area is 139 Å². The number of rotatable bonds is 3. The van der Waals surface area contributed by atoms with Gasteiger partial charge in [-0.2, -0.15) is 0 Å². The fourth-order valence-corrected chi connectivity index (χ4v) is 2.81. The maximum absolute atomic E-state index is 6.84. The molecule has 0 spiro atoms. The SMILES string of the molecule is Cn1cncc1C(N)(c1c[c]c(Cl)cc1)c1ccc(Cl)cc1. The van der Waals surface area contributed by atoms with Gasteiger partial charge in [-0.3, -0.25) is 0 Å². The summed E-state index contributed by atoms with van der Waals surface area (Å²) in [5, 5.41) is 1.21. The average molecular weight is 331 g/mol. The van der Waals surface area contributed by atoms with E-state index in [0.717, 1.165) is 16.8 Å². The van der Waals surface area contributed by atoms with Crippen LogP contribution in [0.25, 0.3) is 0 Å². The van der Waals surface area contributed by atoms with Crippen molar-refractivity contribution in [3.05, 3.63) is 87.9 Å². The van der Waals surface area contributed by atoms with Crippen LogP contribution in [0.5, 0.6) is 0 Å². The van der Waals surface area contributed by atoms with Crippen molar-refractivity contribution < 1.29 is 0 Å². The third-order valence-corrected chi connectivity index (χ3v) is 4.24. The second kappa shape index (κ2) is 5.76. The summed E-state index contributed by atoms with van der Waals surface area (Å²) in [6.07, 6.45) is 3.50. The van der Waals surface area contributed by atoms with Gasteiger partial charge in [0.2, 0.25) is 0 Å². The molecule has 0 aliphatic rings. The standard InChI is InChI=1S/C17H14Cl2N3/c1-22-11-21-10-16(22)17(20,12-2-6-14(18)7-3-12)13-4-8-15(19)9-5-13/h2-8,10-11H,20H2,1H3. The maximum Gasteiger partial charge on any atom is 0.109 e. The molecule has 22 heavy (non-hydrogen) atoms. The summed E-state index contributed by atoms with van der Waals surface area (Å²) in [6.45, 7) is 0. The molecule has 0 fully saturated rings. The predicted molar refractivity (Wildman–Crippen MR) is 89.0 cm³/mol. The highest BCUT2D eigenvalue weighted by atomic mass is 35.5. The molecule has 3 nitrogen and oxygen atoms in total. The first-order valence-corrected chi connectivity index (χ1v) is 7.47. The van der Waals surface area contributed by atoms with Crippen LogP contribution in [0.2, 0.25) is 10.0 Å². The molecule has 1 aromatic heterocycles. The number of hydrogen-bond acceptors (Lipinski definition) is 2. The van der Waals surface area contributed by atoms with Gasteiger partial charge in [0.15, 0.2) is 0 Å². The van der Waals surface area contributed by atoms with E-state index in [2.05, 4.69) is 11.1 Å². The predicted octanol–water partition coefficient (Wildman–Crippen LogP) is 3.78. The van der Waals surface area contributed by atoms with Gasteiger partial charge in [0, 0.05) is 23.2 Å². The van der Waals surface area contributed by atoms with Gasteiger partial charge in [0.1, 0.15) is 5.54 Å². The Bertz CT molecular complexity index is 731. The molecule has 1 unspecified atom stereocenters. The Balaban J connectivity index is 2.24. The zero-order valence-corrected chi connectivity index (χ0v) is 13.4. The second-order valence-corrected chi connectivity index (χ2v) is 5.97. The average Bonchev–Trinajstić information content (AvgIpc) is 2.94. The number of hydrogen-bond donors (Lipinski definition) is 1. The summed E-state index contributed by atoms with van der Waals surface area (Å²) in [7, 11) is 1.92. The molecule has 111 valence electrons. The largest absolute Gasteiger partial charge is 0.336 e. The van der Waals surface area contributed by atoms with E-state index >= 15 is 0 Å². The van der Waals surface area contributed by atoms with E-state index in [1.54, 1.807) is 18.6 Å². The zero-order valence-electron chi connectivity index (χ0n) is 11.9. The molecular weight excluding hydrogens is 317 g/mol. The van der Waals surface area contributed by atoms with Crippen LogP contribution in [0, 0.1) is 6.07 Å². The Hall–Kier alpha value is -1.81. The van der Waals surface area contributed by atoms with Gasteiger partial charge in [-0.15, -0.1) is 0 Å². The van der Waals surface area contributed by atoms with E-state index in [4.69, 9.17) is 28.9 Å². The molecule has 5 heteroatoms. The minimum atomic E-state index is -0.864. The number of aryl methyl sites for hydroxylation is 1. The summed E-state index contributed by atoms with van der Waals surface area (Å²) in [6, 6.07) is 16.0. The smallest absolute Gasteiger partial charge is 0.109 e. The van der Waals surface area contributed by atoms with Crippen LogP contribution in [-0.2, 0) is 12.6 Å². The van der Waals surface area contributed by atoms with Crippen molar-refractivity contribution in [1.82, 2.24) is 9.55 Å². The Kier molecular flexibility index (Phi) is 3.96. The molecule has 0 amide bonds. The summed E-state index contributed by atoms with van der Waals surface area (Å²) in [5.41, 5.74) is 8.63. The van der Waals surface area contributed by atoms with Crippen LogP contribution in [0.4, 0.5) is 0 Å². The summed E-state index contributed by atoms with van der Waals surface area (Å²) in [5.74, 6) is 0. The normalized spacial score (nSPS) is 11.6. The molecule has 1 atom stereocenters. The number of benzene rings is 2. The van der Waals surface area contributed by atoms with Crippen molar-refractivity contribution in [1.29, 1.82) is 0 Å². The van der Waals surface area contributed by atoms with Gasteiger partial charge in [-0.05, 0) is 35.4 Å². The van der Waals surface area contributed by atoms with Crippen molar-refractivity contribution in [2.75, 3.05) is 0 Å². The highest BCUT2D eigenvalue weighted by Gasteiger charge is 2.34. The summed E-state index contributed by atoms with van der Waals surface area (Å²) < 4.78 is 1.91. The Morgan fingerprint density at radius 1 is 1.09 bits per heavy atom. The summed E-state index contributed by atoms with van der Waals surface area (Å²) >= 11 is 12.0. The van der Waals surface area contributed by atoms with E-state index in [1.807, 2.05) is 48.0 Å². The van der Waals surface area contributed by atoms with E-state index < -0.39 is 5.54 Å². The molecule has 0 saturated carbocycles. The molecule has 0 saturated heterocycles. The number of nitrogens with zero attached hydrogens (tertiary/aromatic N) is 2. The molecule has 0 aliphatic heterocycles. The topological polar surface area (TPSA) is 43.8 Å². The molecule has 3 aromatic rings. The van der Waals surface area contributed by atoms with Gasteiger partial charge in [0.25, 0.3) is 0 Å². The quantitative estimate of drug-likeness (QED) is 0.794.